The molecule has 0 aliphatic heterocycles. The number of hydrogen-bond donors (Lipinski definition) is 2. The molecule has 2 atom stereocenters. The molecule has 0 rings (SSSR count). The van der Waals surface area contributed by atoms with Crippen LogP contribution in [0.1, 0.15) is 78.1 Å². The van der Waals surface area contributed by atoms with E-state index in [1.807, 2.05) is 6.92 Å². The van der Waals surface area contributed by atoms with Crippen LogP contribution in [0.5, 0.6) is 0 Å². The monoisotopic (exact) mass is 294 g/mol. The molecule has 0 aromatic carbocycles. The van der Waals surface area contributed by atoms with Gasteiger partial charge in [0.1, 0.15) is 0 Å². The molecule has 0 fully saturated rings. The number of unbranched alkanes of at least 4 members (excludes halogenated alkanes) is 5. The minimum atomic E-state index is -3.88. The molecule has 2 unspecified atom stereocenters. The highest BCUT2D eigenvalue weighted by molar-refractivity contribution is 7.86. The molecule has 0 aliphatic rings. The lowest BCUT2D eigenvalue weighted by Gasteiger charge is -2.13. The Balaban J connectivity index is 3.70. The maximum atomic E-state index is 11.2. The van der Waals surface area contributed by atoms with Crippen molar-refractivity contribution >= 4 is 10.1 Å². The highest BCUT2D eigenvalue weighted by Gasteiger charge is 2.21. The molecule has 2 N–H and O–H groups in total. The van der Waals surface area contributed by atoms with Gasteiger partial charge in [-0.05, 0) is 26.2 Å². The first kappa shape index (κ1) is 18.9. The van der Waals surface area contributed by atoms with E-state index in [2.05, 4.69) is 0 Å². The molecule has 4 nitrogen and oxygen atoms in total. The fraction of sp³-hybridized carbons (Fsp3) is 1.00. The van der Waals surface area contributed by atoms with Crippen LogP contribution in [0.15, 0.2) is 0 Å². The minimum Gasteiger partial charge on any atom is -0.393 e. The van der Waals surface area contributed by atoms with Crippen molar-refractivity contribution in [1.82, 2.24) is 0 Å². The van der Waals surface area contributed by atoms with Crippen LogP contribution in [-0.2, 0) is 10.1 Å². The Kier molecular flexibility index (Phi) is 10.6. The van der Waals surface area contributed by atoms with E-state index in [-0.39, 0.29) is 6.10 Å². The van der Waals surface area contributed by atoms with Crippen LogP contribution in [0, 0.1) is 0 Å². The lowest BCUT2D eigenvalue weighted by molar-refractivity contribution is 0.180. The van der Waals surface area contributed by atoms with Crippen molar-refractivity contribution in [2.75, 3.05) is 0 Å². The topological polar surface area (TPSA) is 74.6 Å². The van der Waals surface area contributed by atoms with Crippen LogP contribution in [0.4, 0.5) is 0 Å². The first-order valence-electron chi connectivity index (χ1n) is 7.52. The van der Waals surface area contributed by atoms with E-state index in [4.69, 9.17) is 9.66 Å². The summed E-state index contributed by atoms with van der Waals surface area (Å²) in [5.74, 6) is 0. The SMILES string of the molecule is CCCCC(CCCCCCCC(C)O)S(=O)(=O)O. The Labute approximate surface area is 118 Å². The van der Waals surface area contributed by atoms with Crippen LogP contribution in [-0.4, -0.2) is 29.4 Å². The lowest BCUT2D eigenvalue weighted by Crippen LogP contribution is -2.20. The van der Waals surface area contributed by atoms with Crippen LogP contribution < -0.4 is 0 Å². The number of hydrogen-bond acceptors (Lipinski definition) is 3. The van der Waals surface area contributed by atoms with E-state index in [0.29, 0.717) is 12.8 Å². The molecule has 0 aliphatic carbocycles. The second kappa shape index (κ2) is 10.6. The average molecular weight is 294 g/mol. The molecule has 116 valence electrons. The number of aliphatic hydroxyl groups excluding tert-OH is 1. The summed E-state index contributed by atoms with van der Waals surface area (Å²) < 4.78 is 31.6. The molecule has 0 bridgehead atoms. The summed E-state index contributed by atoms with van der Waals surface area (Å²) in [5.41, 5.74) is 0. The Morgan fingerprint density at radius 1 is 0.895 bits per heavy atom. The summed E-state index contributed by atoms with van der Waals surface area (Å²) in [7, 11) is -3.88. The van der Waals surface area contributed by atoms with E-state index in [1.54, 1.807) is 6.92 Å². The zero-order valence-corrected chi connectivity index (χ0v) is 13.2. The van der Waals surface area contributed by atoms with Gasteiger partial charge in [0.15, 0.2) is 0 Å². The fourth-order valence-electron chi connectivity index (χ4n) is 2.22. The van der Waals surface area contributed by atoms with Gasteiger partial charge in [-0.1, -0.05) is 51.9 Å². The normalized spacial score (nSPS) is 15.4. The van der Waals surface area contributed by atoms with E-state index in [0.717, 1.165) is 51.4 Å². The van der Waals surface area contributed by atoms with Gasteiger partial charge in [0.25, 0.3) is 10.1 Å². The molecule has 0 aromatic rings. The van der Waals surface area contributed by atoms with Gasteiger partial charge >= 0.3 is 0 Å². The van der Waals surface area contributed by atoms with Crippen molar-refractivity contribution in [3.05, 3.63) is 0 Å². The van der Waals surface area contributed by atoms with Gasteiger partial charge in [-0.15, -0.1) is 0 Å². The molecule has 0 spiro atoms. The van der Waals surface area contributed by atoms with Crippen molar-refractivity contribution in [1.29, 1.82) is 0 Å². The largest absolute Gasteiger partial charge is 0.393 e. The first-order valence-corrected chi connectivity index (χ1v) is 9.02. The second-order valence-corrected chi connectivity index (χ2v) is 7.17. The maximum Gasteiger partial charge on any atom is 0.267 e. The van der Waals surface area contributed by atoms with Crippen LogP contribution in [0.25, 0.3) is 0 Å². The van der Waals surface area contributed by atoms with E-state index in [1.165, 1.54) is 0 Å². The highest BCUT2D eigenvalue weighted by Crippen LogP contribution is 2.17. The quantitative estimate of drug-likeness (QED) is 0.426. The molecule has 0 aromatic heterocycles. The minimum absolute atomic E-state index is 0.224. The summed E-state index contributed by atoms with van der Waals surface area (Å²) in [5, 5.41) is 8.53. The predicted octanol–water partition coefficient (Wildman–Crippen LogP) is 3.54. The predicted molar refractivity (Wildman–Crippen MR) is 78.9 cm³/mol. The highest BCUT2D eigenvalue weighted by atomic mass is 32.2. The van der Waals surface area contributed by atoms with Gasteiger partial charge < -0.3 is 5.11 Å². The first-order chi connectivity index (χ1) is 8.88. The molecule has 0 saturated carbocycles. The van der Waals surface area contributed by atoms with Crippen molar-refractivity contribution in [2.45, 2.75) is 89.4 Å². The third-order valence-electron chi connectivity index (χ3n) is 3.45. The van der Waals surface area contributed by atoms with Crippen molar-refractivity contribution in [3.63, 3.8) is 0 Å². The molecule has 0 saturated heterocycles. The maximum absolute atomic E-state index is 11.2. The zero-order chi connectivity index (χ0) is 14.7. The average Bonchev–Trinajstić information content (AvgIpc) is 2.29. The Hall–Kier alpha value is -0.130. The van der Waals surface area contributed by atoms with Gasteiger partial charge in [0.05, 0.1) is 11.4 Å². The molecular weight excluding hydrogens is 264 g/mol. The Morgan fingerprint density at radius 2 is 1.37 bits per heavy atom. The van der Waals surface area contributed by atoms with Crippen molar-refractivity contribution in [2.24, 2.45) is 0 Å². The van der Waals surface area contributed by atoms with Gasteiger partial charge in [0.2, 0.25) is 0 Å². The van der Waals surface area contributed by atoms with Crippen LogP contribution in [0.3, 0.4) is 0 Å². The molecule has 5 heteroatoms. The van der Waals surface area contributed by atoms with Crippen molar-refractivity contribution in [3.8, 4) is 0 Å². The lowest BCUT2D eigenvalue weighted by atomic mass is 10.0. The zero-order valence-electron chi connectivity index (χ0n) is 12.3. The van der Waals surface area contributed by atoms with Gasteiger partial charge in [-0.2, -0.15) is 8.42 Å². The van der Waals surface area contributed by atoms with Crippen molar-refractivity contribution < 1.29 is 18.1 Å². The third kappa shape index (κ3) is 11.4. The summed E-state index contributed by atoms with van der Waals surface area (Å²) in [6, 6.07) is 0. The van der Waals surface area contributed by atoms with Crippen LogP contribution >= 0.6 is 0 Å². The molecular formula is C14H30O4S. The number of aliphatic hydroxyl groups is 1. The molecule has 0 amide bonds. The van der Waals surface area contributed by atoms with E-state index in [9.17, 15) is 8.42 Å². The summed E-state index contributed by atoms with van der Waals surface area (Å²) >= 11 is 0. The van der Waals surface area contributed by atoms with E-state index < -0.39 is 15.4 Å². The van der Waals surface area contributed by atoms with Gasteiger partial charge in [-0.3, -0.25) is 4.55 Å². The molecule has 0 heterocycles. The van der Waals surface area contributed by atoms with E-state index >= 15 is 0 Å². The van der Waals surface area contributed by atoms with Crippen LogP contribution in [0.2, 0.25) is 0 Å². The number of rotatable bonds is 12. The summed E-state index contributed by atoms with van der Waals surface area (Å²) in [6.45, 7) is 3.81. The summed E-state index contributed by atoms with van der Waals surface area (Å²) in [4.78, 5) is 0. The molecule has 0 radical (unpaired) electrons. The smallest absolute Gasteiger partial charge is 0.267 e. The van der Waals surface area contributed by atoms with Gasteiger partial charge in [-0.25, -0.2) is 0 Å². The summed E-state index contributed by atoms with van der Waals surface area (Å²) in [6.07, 6.45) is 8.56. The second-order valence-electron chi connectivity index (χ2n) is 5.47. The third-order valence-corrected chi connectivity index (χ3v) is 4.76. The Morgan fingerprint density at radius 3 is 1.84 bits per heavy atom. The Bertz CT molecular complexity index is 299. The van der Waals surface area contributed by atoms with Gasteiger partial charge in [0, 0.05) is 0 Å². The molecule has 19 heavy (non-hydrogen) atoms. The fourth-order valence-corrected chi connectivity index (χ4v) is 3.15. The standard InChI is InChI=1S/C14H30O4S/c1-3-4-11-14(19(16,17)18)12-9-7-5-6-8-10-13(2)15/h13-15H,3-12H2,1-2H3,(H,16,17,18).